The lowest BCUT2D eigenvalue weighted by Crippen LogP contribution is -2.15. The van der Waals surface area contributed by atoms with Crippen molar-refractivity contribution in [1.82, 2.24) is 0 Å². The largest absolute Gasteiger partial charge is 0.487 e. The molecule has 1 heterocycles. The number of carbonyl (C=O) groups is 2. The van der Waals surface area contributed by atoms with Crippen molar-refractivity contribution in [2.24, 2.45) is 0 Å². The Morgan fingerprint density at radius 2 is 1.96 bits per heavy atom. The van der Waals surface area contributed by atoms with E-state index in [0.29, 0.717) is 17.0 Å². The van der Waals surface area contributed by atoms with E-state index in [2.05, 4.69) is 5.32 Å². The number of para-hydroxylation sites is 2. The van der Waals surface area contributed by atoms with Gasteiger partial charge in [-0.1, -0.05) is 12.1 Å². The number of nitro benzene ring substituents is 1. The summed E-state index contributed by atoms with van der Waals surface area (Å²) in [4.78, 5) is 35.7. The van der Waals surface area contributed by atoms with Gasteiger partial charge >= 0.3 is 11.7 Å². The van der Waals surface area contributed by atoms with Crippen LogP contribution in [0.2, 0.25) is 0 Å². The third-order valence-electron chi connectivity index (χ3n) is 3.99. The molecule has 8 nitrogen and oxygen atoms in total. The van der Waals surface area contributed by atoms with Crippen molar-refractivity contribution in [3.05, 3.63) is 50.4 Å². The number of anilines is 1. The molecule has 0 radical (unpaired) electrons. The first kappa shape index (κ1) is 21.4. The number of thiophene rings is 1. The molecule has 0 aliphatic heterocycles. The Balaban J connectivity index is 1.91. The van der Waals surface area contributed by atoms with Crippen molar-refractivity contribution in [3.63, 3.8) is 0 Å². The van der Waals surface area contributed by atoms with Gasteiger partial charge in [-0.25, -0.2) is 4.79 Å². The molecule has 0 spiro atoms. The summed E-state index contributed by atoms with van der Waals surface area (Å²) in [6.07, 6.45) is 0.523. The zero-order chi connectivity index (χ0) is 20.7. The van der Waals surface area contributed by atoms with Crippen LogP contribution < -0.4 is 10.1 Å². The second-order valence-electron chi connectivity index (χ2n) is 5.93. The maximum Gasteiger partial charge on any atom is 0.341 e. The van der Waals surface area contributed by atoms with Gasteiger partial charge in [0.05, 0.1) is 23.7 Å². The number of rotatable bonds is 9. The predicted octanol–water partition coefficient (Wildman–Crippen LogP) is 4.25. The molecule has 0 aliphatic rings. The van der Waals surface area contributed by atoms with Crippen LogP contribution >= 0.6 is 11.3 Å². The maximum atomic E-state index is 12.2. The van der Waals surface area contributed by atoms with E-state index in [4.69, 9.17) is 9.47 Å². The molecular weight excluding hydrogens is 384 g/mol. The van der Waals surface area contributed by atoms with E-state index in [-0.39, 0.29) is 37.0 Å². The minimum atomic E-state index is -0.513. The van der Waals surface area contributed by atoms with Crippen molar-refractivity contribution in [3.8, 4) is 5.75 Å². The quantitative estimate of drug-likeness (QED) is 0.289. The van der Waals surface area contributed by atoms with Crippen LogP contribution in [0.15, 0.2) is 24.3 Å². The minimum absolute atomic E-state index is 0.115. The fraction of sp³-hybridized carbons (Fsp3) is 0.368. The van der Waals surface area contributed by atoms with E-state index in [9.17, 15) is 19.7 Å². The molecule has 1 amide bonds. The Bertz CT molecular complexity index is 877. The first-order chi connectivity index (χ1) is 13.3. The number of carbonyl (C=O) groups excluding carboxylic acids is 2. The number of aryl methyl sites for hydroxylation is 1. The second kappa shape index (κ2) is 9.84. The molecule has 0 saturated carbocycles. The number of esters is 1. The molecule has 0 atom stereocenters. The molecule has 0 aliphatic carbocycles. The molecule has 1 aromatic heterocycles. The summed E-state index contributed by atoms with van der Waals surface area (Å²) in [6.45, 7) is 5.82. The molecule has 2 aromatic rings. The third kappa shape index (κ3) is 5.29. The summed E-state index contributed by atoms with van der Waals surface area (Å²) in [5.74, 6) is -0.556. The van der Waals surface area contributed by atoms with Crippen LogP contribution in [0.1, 0.15) is 40.6 Å². The van der Waals surface area contributed by atoms with E-state index in [1.165, 1.54) is 23.5 Å². The molecule has 2 rings (SSSR count). The van der Waals surface area contributed by atoms with E-state index in [0.717, 1.165) is 10.4 Å². The average molecular weight is 406 g/mol. The van der Waals surface area contributed by atoms with Gasteiger partial charge in [-0.3, -0.25) is 14.9 Å². The topological polar surface area (TPSA) is 108 Å². The van der Waals surface area contributed by atoms with Gasteiger partial charge in [0.25, 0.3) is 0 Å². The van der Waals surface area contributed by atoms with E-state index < -0.39 is 10.9 Å². The Hall–Kier alpha value is -2.94. The highest BCUT2D eigenvalue weighted by atomic mass is 32.1. The van der Waals surface area contributed by atoms with Crippen LogP contribution in [-0.2, 0) is 9.53 Å². The van der Waals surface area contributed by atoms with Gasteiger partial charge in [-0.15, -0.1) is 11.3 Å². The Labute approximate surface area is 166 Å². The summed E-state index contributed by atoms with van der Waals surface area (Å²) in [6, 6.07) is 6.08. The number of benzene rings is 1. The van der Waals surface area contributed by atoms with Crippen LogP contribution in [0.25, 0.3) is 0 Å². The number of hydrogen-bond acceptors (Lipinski definition) is 7. The number of nitrogens with one attached hydrogen (secondary N) is 1. The molecule has 0 bridgehead atoms. The van der Waals surface area contributed by atoms with Gasteiger partial charge in [0.1, 0.15) is 5.00 Å². The van der Waals surface area contributed by atoms with Crippen LogP contribution in [0, 0.1) is 24.0 Å². The Kier molecular flexibility index (Phi) is 7.51. The molecule has 0 unspecified atom stereocenters. The predicted molar refractivity (Wildman–Crippen MR) is 106 cm³/mol. The maximum absolute atomic E-state index is 12.2. The standard InChI is InChI=1S/C19H22N2O6S/c1-4-26-19(23)17-12(2)13(3)28-18(17)20-16(22)10-7-11-27-15-9-6-5-8-14(15)21(24)25/h5-6,8-9H,4,7,10-11H2,1-3H3,(H,20,22). The van der Waals surface area contributed by atoms with Gasteiger partial charge in [0.15, 0.2) is 5.75 Å². The zero-order valence-electron chi connectivity index (χ0n) is 15.9. The minimum Gasteiger partial charge on any atom is -0.487 e. The van der Waals surface area contributed by atoms with Gasteiger partial charge in [-0.05, 0) is 38.8 Å². The normalized spacial score (nSPS) is 10.4. The van der Waals surface area contributed by atoms with E-state index >= 15 is 0 Å². The third-order valence-corrected chi connectivity index (χ3v) is 5.11. The molecular formula is C19H22N2O6S. The van der Waals surface area contributed by atoms with Gasteiger partial charge < -0.3 is 14.8 Å². The van der Waals surface area contributed by atoms with Gasteiger partial charge in [0.2, 0.25) is 5.91 Å². The molecule has 0 saturated heterocycles. The molecule has 28 heavy (non-hydrogen) atoms. The zero-order valence-corrected chi connectivity index (χ0v) is 16.8. The molecule has 9 heteroatoms. The summed E-state index contributed by atoms with van der Waals surface area (Å²) < 4.78 is 10.5. The fourth-order valence-corrected chi connectivity index (χ4v) is 3.56. The van der Waals surface area contributed by atoms with Crippen molar-refractivity contribution in [1.29, 1.82) is 0 Å². The fourth-order valence-electron chi connectivity index (χ4n) is 2.50. The number of ether oxygens (including phenoxy) is 2. The lowest BCUT2D eigenvalue weighted by atomic mass is 10.1. The molecule has 1 aromatic carbocycles. The van der Waals surface area contributed by atoms with Crippen molar-refractivity contribution in [2.75, 3.05) is 18.5 Å². The highest BCUT2D eigenvalue weighted by Gasteiger charge is 2.22. The summed E-state index contributed by atoms with van der Waals surface area (Å²) in [5.41, 5.74) is 1.06. The highest BCUT2D eigenvalue weighted by Crippen LogP contribution is 2.33. The number of hydrogen-bond donors (Lipinski definition) is 1. The van der Waals surface area contributed by atoms with Crippen molar-refractivity contribution < 1.29 is 24.0 Å². The number of amides is 1. The molecule has 1 N–H and O–H groups in total. The number of nitrogens with zero attached hydrogens (tertiary/aromatic N) is 1. The number of nitro groups is 1. The Morgan fingerprint density at radius 3 is 2.64 bits per heavy atom. The summed E-state index contributed by atoms with van der Waals surface area (Å²) in [5, 5.41) is 14.2. The SMILES string of the molecule is CCOC(=O)c1c(NC(=O)CCCOc2ccccc2[N+](=O)[O-])sc(C)c1C. The van der Waals surface area contributed by atoms with E-state index in [1.54, 1.807) is 19.1 Å². The monoisotopic (exact) mass is 406 g/mol. The van der Waals surface area contributed by atoms with Gasteiger partial charge in [0, 0.05) is 17.4 Å². The first-order valence-electron chi connectivity index (χ1n) is 8.78. The van der Waals surface area contributed by atoms with Crippen LogP contribution in [-0.4, -0.2) is 30.0 Å². The van der Waals surface area contributed by atoms with Crippen LogP contribution in [0.3, 0.4) is 0 Å². The van der Waals surface area contributed by atoms with Crippen molar-refractivity contribution in [2.45, 2.75) is 33.6 Å². The lowest BCUT2D eigenvalue weighted by molar-refractivity contribution is -0.385. The average Bonchev–Trinajstić information content (AvgIpc) is 2.92. The second-order valence-corrected chi connectivity index (χ2v) is 7.16. The smallest absolute Gasteiger partial charge is 0.341 e. The lowest BCUT2D eigenvalue weighted by Gasteiger charge is -2.08. The highest BCUT2D eigenvalue weighted by molar-refractivity contribution is 7.16. The van der Waals surface area contributed by atoms with E-state index in [1.807, 2.05) is 13.8 Å². The van der Waals surface area contributed by atoms with Crippen molar-refractivity contribution >= 4 is 33.9 Å². The van der Waals surface area contributed by atoms with Crippen LogP contribution in [0.4, 0.5) is 10.7 Å². The summed E-state index contributed by atoms with van der Waals surface area (Å²) >= 11 is 1.33. The molecule has 0 fully saturated rings. The Morgan fingerprint density at radius 1 is 1.25 bits per heavy atom. The molecule has 150 valence electrons. The van der Waals surface area contributed by atoms with Crippen LogP contribution in [0.5, 0.6) is 5.75 Å². The summed E-state index contributed by atoms with van der Waals surface area (Å²) in [7, 11) is 0. The first-order valence-corrected chi connectivity index (χ1v) is 9.60. The van der Waals surface area contributed by atoms with Gasteiger partial charge in [-0.2, -0.15) is 0 Å².